The molecule has 4 heterocycles. The SMILES string of the molecule is CC[C@H](C)[C@@H]1NC(=O)CNC(=O)[C@@H]2C[C@@]3(O)c4ccccc4N[C@H]3N2C(=O)[C@H]([C@@H](C)CC)NC(=O)[C@@H]2CCCN2C(=O)[C@H](CC(=O)NC(c2ccccc2)(c2ccccc2)c2ccccc2)NC(=O)[C@H](CSC(c2ccccc2)(c2ccccc2)c2ccccc2)NC(=O)CNC1=O. The van der Waals surface area contributed by atoms with Gasteiger partial charge in [-0.15, -0.1) is 11.8 Å². The average molecular weight is 1340 g/mol. The van der Waals surface area contributed by atoms with Crippen LogP contribution < -0.4 is 42.5 Å². The maximum absolute atomic E-state index is 16.1. The van der Waals surface area contributed by atoms with Crippen molar-refractivity contribution < 1.29 is 48.3 Å². The fourth-order valence-electron chi connectivity index (χ4n) is 14.2. The molecule has 20 nitrogen and oxygen atoms in total. The quantitative estimate of drug-likeness (QED) is 0.0457. The minimum atomic E-state index is -1.81. The molecule has 10 atom stereocenters. The number of rotatable bonds is 16. The van der Waals surface area contributed by atoms with E-state index < -0.39 is 143 Å². The fraction of sp³-hybridized carbons (Fsp3) is 0.338. The number of carbonyl (C=O) groups excluding carboxylic acids is 9. The van der Waals surface area contributed by atoms with Crippen LogP contribution in [0.25, 0.3) is 0 Å². The van der Waals surface area contributed by atoms with Crippen molar-refractivity contribution in [2.75, 3.05) is 30.7 Å². The van der Waals surface area contributed by atoms with Crippen LogP contribution in [0, 0.1) is 11.8 Å². The number of carbonyl (C=O) groups is 9. The third-order valence-corrected chi connectivity index (χ3v) is 21.3. The molecule has 0 aliphatic carbocycles. The third kappa shape index (κ3) is 14.2. The van der Waals surface area contributed by atoms with Crippen LogP contribution in [0.3, 0.4) is 0 Å². The molecule has 0 aromatic heterocycles. The predicted molar refractivity (Wildman–Crippen MR) is 374 cm³/mol. The zero-order valence-electron chi connectivity index (χ0n) is 55.3. The second-order valence-corrected chi connectivity index (χ2v) is 27.0. The summed E-state index contributed by atoms with van der Waals surface area (Å²) in [5.74, 6) is -8.20. The maximum atomic E-state index is 16.1. The Morgan fingerprint density at radius 3 is 1.52 bits per heavy atom. The molecule has 0 saturated carbocycles. The summed E-state index contributed by atoms with van der Waals surface area (Å²) in [7, 11) is 0. The molecule has 0 unspecified atom stereocenters. The van der Waals surface area contributed by atoms with E-state index >= 15 is 24.0 Å². The molecular weight excluding hydrogens is 1260 g/mol. The highest BCUT2D eigenvalue weighted by Crippen LogP contribution is 2.51. The lowest BCUT2D eigenvalue weighted by Gasteiger charge is -2.38. The summed E-state index contributed by atoms with van der Waals surface area (Å²) in [6, 6.07) is 55.6. The highest BCUT2D eigenvalue weighted by atomic mass is 32.2. The van der Waals surface area contributed by atoms with E-state index in [0.717, 1.165) is 16.7 Å². The fourth-order valence-corrected chi connectivity index (χ4v) is 15.7. The number of amides is 9. The van der Waals surface area contributed by atoms with E-state index in [2.05, 4.69) is 42.5 Å². The van der Waals surface area contributed by atoms with Gasteiger partial charge in [-0.2, -0.15) is 0 Å². The first-order valence-electron chi connectivity index (χ1n) is 33.7. The van der Waals surface area contributed by atoms with Crippen molar-refractivity contribution in [3.8, 4) is 0 Å². The lowest BCUT2D eigenvalue weighted by atomic mass is 9.77. The summed E-state index contributed by atoms with van der Waals surface area (Å²) >= 11 is 1.34. The van der Waals surface area contributed by atoms with Crippen molar-refractivity contribution >= 4 is 70.6 Å². The summed E-state index contributed by atoms with van der Waals surface area (Å²) < 4.78 is -1.05. The van der Waals surface area contributed by atoms with Crippen LogP contribution in [0.5, 0.6) is 0 Å². The van der Waals surface area contributed by atoms with Crippen LogP contribution in [0.2, 0.25) is 0 Å². The van der Waals surface area contributed by atoms with E-state index in [-0.39, 0.29) is 25.1 Å². The second-order valence-electron chi connectivity index (χ2n) is 25.8. The van der Waals surface area contributed by atoms with Gasteiger partial charge in [0.05, 0.1) is 24.3 Å². The first-order chi connectivity index (χ1) is 47.4. The average Bonchev–Trinajstić information content (AvgIpc) is 1.50. The number of hydrogen-bond acceptors (Lipinski definition) is 12. The summed E-state index contributed by atoms with van der Waals surface area (Å²) in [6.45, 7) is 5.81. The summed E-state index contributed by atoms with van der Waals surface area (Å²) in [6.07, 6.45) is -1.05. The molecule has 7 aromatic carbocycles. The molecule has 3 fully saturated rings. The molecule has 9 amide bonds. The highest BCUT2D eigenvalue weighted by molar-refractivity contribution is 8.00. The standard InChI is InChI=1S/C77H84N10O10S/c1-5-49(3)66-71(94)79-46-64(89)80-60(48-98-77(54-34-19-10-20-35-54,55-36-21-11-22-37-55)56-38-23-12-24-39-56)68(91)81-59(44-63(88)85-76(51-28-13-7-14-29-51,52-30-15-8-16-31-52)53-32-17-9-18-33-53)72(95)86-43-27-42-61(86)70(93)84-67(50(4)6-2)73(96)87-62(69(92)78-47-65(90)83-66)45-75(97)57-40-25-26-41-58(57)82-74(75)87/h7-26,28-41,49-50,59-62,66-67,74,82,97H,5-6,27,42-48H2,1-4H3,(H,78,92)(H,79,94)(H,80,89)(H,81,91)(H,83,90)(H,84,93)(H,85,88)/t49-,50-,59-,60-,61-,62-,66-,67-,74-,75+/m0/s1. The number of para-hydroxylation sites is 1. The van der Waals surface area contributed by atoms with Gasteiger partial charge in [-0.25, -0.2) is 0 Å². The smallest absolute Gasteiger partial charge is 0.247 e. The van der Waals surface area contributed by atoms with Gasteiger partial charge in [-0.3, -0.25) is 43.2 Å². The van der Waals surface area contributed by atoms with E-state index in [1.807, 2.05) is 196 Å². The van der Waals surface area contributed by atoms with Gasteiger partial charge in [0.15, 0.2) is 0 Å². The topological polar surface area (TPSA) is 277 Å². The van der Waals surface area contributed by atoms with Gasteiger partial charge >= 0.3 is 0 Å². The predicted octanol–water partition coefficient (Wildman–Crippen LogP) is 6.72. The Morgan fingerprint density at radius 2 is 1.00 bits per heavy atom. The molecule has 4 aliphatic heterocycles. The van der Waals surface area contributed by atoms with Crippen molar-refractivity contribution in [2.45, 2.75) is 125 Å². The van der Waals surface area contributed by atoms with Crippen molar-refractivity contribution in [2.24, 2.45) is 11.8 Å². The molecule has 508 valence electrons. The minimum Gasteiger partial charge on any atom is -0.381 e. The molecule has 98 heavy (non-hydrogen) atoms. The molecule has 21 heteroatoms. The molecular formula is C77H84N10O10S. The Balaban J connectivity index is 1.01. The molecule has 0 radical (unpaired) electrons. The van der Waals surface area contributed by atoms with E-state index in [0.29, 0.717) is 47.2 Å². The molecule has 4 aliphatic rings. The number of fused-ring (bicyclic) bond motifs is 6. The number of benzene rings is 7. The molecule has 0 spiro atoms. The van der Waals surface area contributed by atoms with E-state index in [1.54, 1.807) is 38.1 Å². The largest absolute Gasteiger partial charge is 0.381 e. The van der Waals surface area contributed by atoms with Gasteiger partial charge in [-0.1, -0.05) is 241 Å². The number of nitrogens with zero attached hydrogens (tertiary/aromatic N) is 2. The Morgan fingerprint density at radius 1 is 0.531 bits per heavy atom. The first kappa shape index (κ1) is 69.2. The van der Waals surface area contributed by atoms with E-state index in [4.69, 9.17) is 0 Å². The van der Waals surface area contributed by atoms with Gasteiger partial charge in [0, 0.05) is 30.0 Å². The lowest BCUT2D eigenvalue weighted by molar-refractivity contribution is -0.147. The Labute approximate surface area is 575 Å². The van der Waals surface area contributed by atoms with Gasteiger partial charge < -0.3 is 57.4 Å². The molecule has 11 rings (SSSR count). The Kier molecular flexibility index (Phi) is 21.6. The van der Waals surface area contributed by atoms with Gasteiger partial charge in [-0.05, 0) is 64.1 Å². The zero-order chi connectivity index (χ0) is 69.1. The molecule has 9 N–H and O–H groups in total. The Hall–Kier alpha value is -10.1. The number of thioether (sulfide) groups is 1. The number of nitrogens with one attached hydrogen (secondary N) is 8. The van der Waals surface area contributed by atoms with Crippen LogP contribution in [0.15, 0.2) is 206 Å². The number of aliphatic hydroxyl groups is 1. The Bertz CT molecular complexity index is 3820. The highest BCUT2D eigenvalue weighted by Gasteiger charge is 2.61. The van der Waals surface area contributed by atoms with E-state index in [9.17, 15) is 24.3 Å². The zero-order valence-corrected chi connectivity index (χ0v) is 56.1. The van der Waals surface area contributed by atoms with Crippen LogP contribution in [-0.4, -0.2) is 136 Å². The normalized spacial score (nSPS) is 23.5. The van der Waals surface area contributed by atoms with Crippen LogP contribution in [0.1, 0.15) is 105 Å². The van der Waals surface area contributed by atoms with Crippen molar-refractivity contribution in [3.63, 3.8) is 0 Å². The lowest BCUT2D eigenvalue weighted by Crippen LogP contribution is -2.62. The summed E-state index contributed by atoms with van der Waals surface area (Å²) in [5, 5.41) is 36.1. The van der Waals surface area contributed by atoms with E-state index in [1.165, 1.54) is 21.6 Å². The monoisotopic (exact) mass is 1340 g/mol. The minimum absolute atomic E-state index is 0.00479. The van der Waals surface area contributed by atoms with Crippen molar-refractivity contribution in [1.82, 2.24) is 47.0 Å². The van der Waals surface area contributed by atoms with Crippen LogP contribution in [0.4, 0.5) is 5.69 Å². The van der Waals surface area contributed by atoms with Crippen molar-refractivity contribution in [3.05, 3.63) is 245 Å². The number of hydrogen-bond donors (Lipinski definition) is 9. The molecule has 7 aromatic rings. The van der Waals surface area contributed by atoms with Crippen LogP contribution >= 0.6 is 11.8 Å². The third-order valence-electron chi connectivity index (χ3n) is 19.7. The summed E-state index contributed by atoms with van der Waals surface area (Å²) in [4.78, 5) is 139. The maximum Gasteiger partial charge on any atom is 0.247 e. The van der Waals surface area contributed by atoms with Gasteiger partial charge in [0.2, 0.25) is 53.2 Å². The summed E-state index contributed by atoms with van der Waals surface area (Å²) in [5.41, 5.74) is 2.32. The number of anilines is 1. The van der Waals surface area contributed by atoms with Crippen LogP contribution in [-0.2, 0) is 59.0 Å². The molecule has 3 saturated heterocycles. The van der Waals surface area contributed by atoms with Crippen molar-refractivity contribution in [1.29, 1.82) is 0 Å². The van der Waals surface area contributed by atoms with Gasteiger partial charge in [0.1, 0.15) is 53.6 Å². The van der Waals surface area contributed by atoms with Gasteiger partial charge in [0.25, 0.3) is 0 Å². The second kappa shape index (κ2) is 30.5. The first-order valence-corrected chi connectivity index (χ1v) is 34.6. The molecule has 0 bridgehead atoms.